The maximum Gasteiger partial charge on any atom is 0.414 e. The molecule has 2 amide bonds. The van der Waals surface area contributed by atoms with Gasteiger partial charge in [-0.2, -0.15) is 11.8 Å². The van der Waals surface area contributed by atoms with Gasteiger partial charge in [-0.05, 0) is 57.8 Å². The first-order valence-electron chi connectivity index (χ1n) is 14.6. The lowest BCUT2D eigenvalue weighted by molar-refractivity contribution is -0.210. The lowest BCUT2D eigenvalue weighted by atomic mass is 9.66. The van der Waals surface area contributed by atoms with Crippen molar-refractivity contribution in [1.29, 1.82) is 0 Å². The number of aliphatic hydroxyl groups excluding tert-OH is 2. The number of alkyl halides is 1. The van der Waals surface area contributed by atoms with Crippen LogP contribution in [0.25, 0.3) is 0 Å². The number of epoxide rings is 1. The number of imide groups is 1. The van der Waals surface area contributed by atoms with Crippen LogP contribution < -0.4 is 5.32 Å². The van der Waals surface area contributed by atoms with Crippen molar-refractivity contribution in [2.24, 2.45) is 5.92 Å². The highest BCUT2D eigenvalue weighted by molar-refractivity contribution is 7.99. The van der Waals surface area contributed by atoms with E-state index in [-0.39, 0.29) is 24.7 Å². The number of methoxy groups -OCH3 is 1. The fourth-order valence-electron chi connectivity index (χ4n) is 5.88. The summed E-state index contributed by atoms with van der Waals surface area (Å²) in [6, 6.07) is 9.80. The Kier molecular flexibility index (Phi) is 13.3. The van der Waals surface area contributed by atoms with Gasteiger partial charge in [-0.3, -0.25) is 10.1 Å². The van der Waals surface area contributed by atoms with Crippen LogP contribution in [-0.4, -0.2) is 105 Å². The number of alkyl carbamates (subject to hydrolysis) is 1. The van der Waals surface area contributed by atoms with Gasteiger partial charge in [0.2, 0.25) is 5.91 Å². The van der Waals surface area contributed by atoms with Gasteiger partial charge >= 0.3 is 18.0 Å². The van der Waals surface area contributed by atoms with Gasteiger partial charge in [0.05, 0.1) is 12.0 Å². The molecule has 3 rings (SSSR count). The Bertz CT molecular complexity index is 1230. The molecular weight excluding hydrogens is 630 g/mol. The Labute approximate surface area is 271 Å². The van der Waals surface area contributed by atoms with E-state index in [0.29, 0.717) is 18.6 Å². The molecule has 4 N–H and O–H groups in total. The van der Waals surface area contributed by atoms with Gasteiger partial charge in [0.15, 0.2) is 12.2 Å². The number of aryl methyl sites for hydroxylation is 1. The Morgan fingerprint density at radius 1 is 1.18 bits per heavy atom. The predicted octanol–water partition coefficient (Wildman–Crippen LogP) is 2.85. The monoisotopic (exact) mass is 671 g/mol. The van der Waals surface area contributed by atoms with E-state index < -0.39 is 71.4 Å². The first kappa shape index (κ1) is 36.8. The number of halogens is 1. The second kappa shape index (κ2) is 16.2. The number of carboxylic acids is 1. The van der Waals surface area contributed by atoms with Gasteiger partial charge in [-0.25, -0.2) is 14.4 Å². The molecule has 0 bridgehead atoms. The zero-order chi connectivity index (χ0) is 33.4. The maximum atomic E-state index is 13.3. The number of nitrogens with one attached hydrogen (secondary N) is 1. The molecule has 1 aromatic rings. The number of carbonyl (C=O) groups excluding carboxylic acids is 3. The topological polar surface area (TPSA) is 181 Å². The smallest absolute Gasteiger partial charge is 0.414 e. The zero-order valence-corrected chi connectivity index (χ0v) is 27.3. The second-order valence-electron chi connectivity index (χ2n) is 11.7. The SMILES string of the molecule is COC1C(OC(=O)NC(=O)CCl)CCC(CSCCc2ccccc2)(OC(=O)[C@H](O)[C@@H](O)C(=O)O)C1C1(C)OC1CC=C(C)C. The highest BCUT2D eigenvalue weighted by atomic mass is 35.5. The average Bonchev–Trinajstić information content (AvgIpc) is 3.68. The number of allylic oxidation sites excluding steroid dienone is 1. The number of aliphatic carboxylic acids is 1. The molecule has 1 saturated carbocycles. The minimum absolute atomic E-state index is 0.104. The molecule has 2 fully saturated rings. The minimum atomic E-state index is -2.40. The molecule has 6 unspecified atom stereocenters. The number of amides is 2. The summed E-state index contributed by atoms with van der Waals surface area (Å²) in [5, 5.41) is 31.6. The zero-order valence-electron chi connectivity index (χ0n) is 25.8. The van der Waals surface area contributed by atoms with Crippen LogP contribution in [0.4, 0.5) is 4.79 Å². The summed E-state index contributed by atoms with van der Waals surface area (Å²) < 4.78 is 23.9. The largest absolute Gasteiger partial charge is 0.479 e. The number of esters is 1. The van der Waals surface area contributed by atoms with Gasteiger partial charge in [0, 0.05) is 12.9 Å². The molecule has 0 radical (unpaired) electrons. The van der Waals surface area contributed by atoms with E-state index in [1.165, 1.54) is 18.9 Å². The number of hydrogen-bond acceptors (Lipinski definition) is 11. The summed E-state index contributed by atoms with van der Waals surface area (Å²) in [5.41, 5.74) is -0.194. The fraction of sp³-hybridized carbons (Fsp3) is 0.613. The summed E-state index contributed by atoms with van der Waals surface area (Å²) in [6.45, 7) is 5.74. The quantitative estimate of drug-likeness (QED) is 0.0705. The third-order valence-electron chi connectivity index (χ3n) is 8.16. The van der Waals surface area contributed by atoms with Crippen LogP contribution >= 0.6 is 23.4 Å². The molecule has 12 nitrogen and oxygen atoms in total. The third kappa shape index (κ3) is 9.43. The van der Waals surface area contributed by atoms with Crippen LogP contribution in [0.5, 0.6) is 0 Å². The van der Waals surface area contributed by atoms with Gasteiger partial charge in [-0.15, -0.1) is 11.6 Å². The van der Waals surface area contributed by atoms with Crippen molar-refractivity contribution in [3.63, 3.8) is 0 Å². The van der Waals surface area contributed by atoms with Gasteiger partial charge in [0.1, 0.15) is 29.3 Å². The first-order chi connectivity index (χ1) is 21.3. The van der Waals surface area contributed by atoms with Crippen LogP contribution in [-0.2, 0) is 39.8 Å². The molecule has 45 heavy (non-hydrogen) atoms. The first-order valence-corrected chi connectivity index (χ1v) is 16.3. The predicted molar refractivity (Wildman–Crippen MR) is 166 cm³/mol. The molecule has 1 aromatic carbocycles. The Morgan fingerprint density at radius 2 is 1.87 bits per heavy atom. The molecule has 14 heteroatoms. The standard InChI is InChI=1S/C31H42ClNO11S/c1-18(2)10-11-21-30(3,43-21)26-25(41-4)20(42-29(40)33-22(34)16-32)12-14-31(26,44-28(39)24(36)23(35)27(37)38)17-45-15-13-19-8-6-5-7-9-19/h5-10,20-21,23-26,35-36H,11-17H2,1-4H3,(H,37,38)(H,33,34,40)/t20?,21?,23-,24-,25?,26?,30?,31?/m1/s1. The number of ether oxygens (including phenoxy) is 4. The van der Waals surface area contributed by atoms with Gasteiger partial charge in [-0.1, -0.05) is 42.0 Å². The number of thioether (sulfide) groups is 1. The normalized spacial score (nSPS) is 28.7. The van der Waals surface area contributed by atoms with Crippen LogP contribution in [0.3, 0.4) is 0 Å². The lowest BCUT2D eigenvalue weighted by Gasteiger charge is -2.51. The van der Waals surface area contributed by atoms with E-state index >= 15 is 0 Å². The maximum absolute atomic E-state index is 13.3. The summed E-state index contributed by atoms with van der Waals surface area (Å²) in [4.78, 5) is 48.9. The van der Waals surface area contributed by atoms with E-state index in [9.17, 15) is 34.5 Å². The summed E-state index contributed by atoms with van der Waals surface area (Å²) in [5.74, 6) is -4.25. The molecule has 2 aliphatic rings. The molecule has 1 saturated heterocycles. The van der Waals surface area contributed by atoms with Gasteiger partial charge < -0.3 is 34.3 Å². The van der Waals surface area contributed by atoms with E-state index in [1.54, 1.807) is 0 Å². The molecule has 250 valence electrons. The minimum Gasteiger partial charge on any atom is -0.479 e. The van der Waals surface area contributed by atoms with Crippen molar-refractivity contribution in [3.05, 3.63) is 47.5 Å². The van der Waals surface area contributed by atoms with Crippen molar-refractivity contribution in [3.8, 4) is 0 Å². The Balaban J connectivity index is 1.99. The van der Waals surface area contributed by atoms with Crippen LogP contribution in [0, 0.1) is 5.92 Å². The van der Waals surface area contributed by atoms with E-state index in [4.69, 9.17) is 30.5 Å². The van der Waals surface area contributed by atoms with Crippen molar-refractivity contribution >= 4 is 47.3 Å². The van der Waals surface area contributed by atoms with Crippen LogP contribution in [0.15, 0.2) is 42.0 Å². The van der Waals surface area contributed by atoms with Crippen molar-refractivity contribution in [1.82, 2.24) is 5.32 Å². The number of carbonyl (C=O) groups is 4. The average molecular weight is 672 g/mol. The summed E-state index contributed by atoms with van der Waals surface area (Å²) in [6.07, 6.45) is -4.44. The van der Waals surface area contributed by atoms with Crippen molar-refractivity contribution < 1.29 is 53.4 Å². The van der Waals surface area contributed by atoms with Gasteiger partial charge in [0.25, 0.3) is 0 Å². The number of benzene rings is 1. The van der Waals surface area contributed by atoms with Crippen LogP contribution in [0.1, 0.15) is 45.6 Å². The molecule has 1 aliphatic heterocycles. The Hall–Kier alpha value is -2.68. The van der Waals surface area contributed by atoms with Crippen molar-refractivity contribution in [2.45, 2.75) is 88.2 Å². The number of carboxylic acid groups (broad SMARTS) is 1. The Morgan fingerprint density at radius 3 is 2.47 bits per heavy atom. The highest BCUT2D eigenvalue weighted by Gasteiger charge is 2.69. The summed E-state index contributed by atoms with van der Waals surface area (Å²) >= 11 is 7.00. The molecule has 0 spiro atoms. The number of rotatable bonds is 15. The summed E-state index contributed by atoms with van der Waals surface area (Å²) in [7, 11) is 1.41. The van der Waals surface area contributed by atoms with Crippen molar-refractivity contribution in [2.75, 3.05) is 24.5 Å². The molecular formula is C31H42ClNO11S. The van der Waals surface area contributed by atoms with E-state index in [2.05, 4.69) is 0 Å². The molecule has 1 heterocycles. The lowest BCUT2D eigenvalue weighted by Crippen LogP contribution is -2.64. The number of aliphatic hydroxyl groups is 2. The van der Waals surface area contributed by atoms with E-state index in [1.807, 2.05) is 62.5 Å². The molecule has 1 aliphatic carbocycles. The highest BCUT2D eigenvalue weighted by Crippen LogP contribution is 2.56. The molecule has 0 aromatic heterocycles. The molecule has 8 atom stereocenters. The van der Waals surface area contributed by atoms with Crippen LogP contribution in [0.2, 0.25) is 0 Å². The second-order valence-corrected chi connectivity index (χ2v) is 13.0. The van der Waals surface area contributed by atoms with E-state index in [0.717, 1.165) is 11.1 Å². The fourth-order valence-corrected chi connectivity index (χ4v) is 7.20. The third-order valence-corrected chi connectivity index (χ3v) is 9.59. The number of hydrogen-bond donors (Lipinski definition) is 4.